The Hall–Kier alpha value is -1.06. The van der Waals surface area contributed by atoms with Gasteiger partial charge in [0.05, 0.1) is 0 Å². The molecule has 104 valence electrons. The normalized spacial score (nSPS) is 20.7. The third kappa shape index (κ3) is 5.21. The van der Waals surface area contributed by atoms with Gasteiger partial charge in [-0.25, -0.2) is 4.39 Å². The van der Waals surface area contributed by atoms with Gasteiger partial charge in [-0.2, -0.15) is 0 Å². The van der Waals surface area contributed by atoms with Crippen molar-refractivity contribution >= 4 is 12.6 Å². The molecule has 19 heavy (non-hydrogen) atoms. The van der Waals surface area contributed by atoms with Crippen LogP contribution in [0.3, 0.4) is 0 Å². The Kier molecular flexibility index (Phi) is 6.89. The molecule has 3 heteroatoms. The van der Waals surface area contributed by atoms with E-state index in [2.05, 4.69) is 37.4 Å². The summed E-state index contributed by atoms with van der Waals surface area (Å²) in [6.45, 7) is 5.95. The van der Waals surface area contributed by atoms with Gasteiger partial charge in [0.25, 0.3) is 0 Å². The molecule has 1 nitrogen and oxygen atoms in total. The van der Waals surface area contributed by atoms with E-state index in [0.717, 1.165) is 22.5 Å². The van der Waals surface area contributed by atoms with Crippen molar-refractivity contribution < 1.29 is 4.39 Å². The van der Waals surface area contributed by atoms with Crippen molar-refractivity contribution in [3.63, 3.8) is 0 Å². The second-order valence-electron chi connectivity index (χ2n) is 4.63. The van der Waals surface area contributed by atoms with Crippen LogP contribution in [0.25, 0.3) is 0 Å². The topological polar surface area (TPSA) is 3.24 Å². The molecule has 1 aliphatic rings. The lowest BCUT2D eigenvalue weighted by Crippen LogP contribution is -2.32. The number of hydrogen-bond acceptors (Lipinski definition) is 2. The average molecular weight is 279 g/mol. The van der Waals surface area contributed by atoms with Crippen LogP contribution in [-0.2, 0) is 0 Å². The van der Waals surface area contributed by atoms with E-state index in [4.69, 9.17) is 0 Å². The first kappa shape index (κ1) is 16.0. The number of halogens is 1. The van der Waals surface area contributed by atoms with Gasteiger partial charge in [-0.1, -0.05) is 43.0 Å². The lowest BCUT2D eigenvalue weighted by atomic mass is 9.96. The van der Waals surface area contributed by atoms with Crippen LogP contribution in [0.15, 0.2) is 59.1 Å². The van der Waals surface area contributed by atoms with Crippen molar-refractivity contribution in [3.05, 3.63) is 59.1 Å². The van der Waals surface area contributed by atoms with E-state index in [9.17, 15) is 4.39 Å². The summed E-state index contributed by atoms with van der Waals surface area (Å²) in [5.41, 5.74) is 2.24. The molecule has 0 bridgehead atoms. The maximum absolute atomic E-state index is 12.3. The van der Waals surface area contributed by atoms with Crippen LogP contribution in [0, 0.1) is 0 Å². The highest BCUT2D eigenvalue weighted by Gasteiger charge is 2.14. The minimum absolute atomic E-state index is 0.285. The quantitative estimate of drug-likeness (QED) is 0.566. The summed E-state index contributed by atoms with van der Waals surface area (Å²) in [6, 6.07) is 0.285. The molecule has 0 heterocycles. The highest BCUT2D eigenvalue weighted by Crippen LogP contribution is 2.21. The van der Waals surface area contributed by atoms with Crippen LogP contribution in [0.5, 0.6) is 0 Å². The number of rotatable bonds is 6. The Labute approximate surface area is 121 Å². The van der Waals surface area contributed by atoms with Gasteiger partial charge in [0, 0.05) is 12.6 Å². The first-order chi connectivity index (χ1) is 9.08. The summed E-state index contributed by atoms with van der Waals surface area (Å²) in [5, 5.41) is 0. The van der Waals surface area contributed by atoms with Crippen molar-refractivity contribution in [2.45, 2.75) is 19.4 Å². The number of nitrogens with zero attached hydrogens (tertiary/aromatic N) is 1. The van der Waals surface area contributed by atoms with Gasteiger partial charge in [-0.05, 0) is 36.4 Å². The van der Waals surface area contributed by atoms with Crippen LogP contribution in [0.2, 0.25) is 0 Å². The predicted octanol–water partition coefficient (Wildman–Crippen LogP) is 4.09. The summed E-state index contributed by atoms with van der Waals surface area (Å²) < 4.78 is 12.3. The second-order valence-corrected chi connectivity index (χ2v) is 5.33. The first-order valence-corrected chi connectivity index (χ1v) is 6.88. The fraction of sp³-hybridized carbons (Fsp3) is 0.375. The van der Waals surface area contributed by atoms with Crippen molar-refractivity contribution in [1.82, 2.24) is 4.90 Å². The number of thiol groups is 1. The molecule has 0 amide bonds. The smallest absolute Gasteiger partial charge is 0.102 e. The number of alkyl halides is 1. The maximum atomic E-state index is 12.3. The van der Waals surface area contributed by atoms with E-state index >= 15 is 0 Å². The minimum Gasteiger partial charge on any atom is -0.297 e. The van der Waals surface area contributed by atoms with E-state index < -0.39 is 0 Å². The van der Waals surface area contributed by atoms with Crippen molar-refractivity contribution in [1.29, 1.82) is 0 Å². The molecule has 0 aliphatic heterocycles. The molecule has 0 aromatic heterocycles. The molecule has 1 atom stereocenters. The summed E-state index contributed by atoms with van der Waals surface area (Å²) >= 11 is 4.24. The van der Waals surface area contributed by atoms with Gasteiger partial charge >= 0.3 is 0 Å². The zero-order valence-electron chi connectivity index (χ0n) is 11.6. The monoisotopic (exact) mass is 279 g/mol. The van der Waals surface area contributed by atoms with E-state index in [1.807, 2.05) is 37.1 Å². The van der Waals surface area contributed by atoms with Crippen LogP contribution in [-0.4, -0.2) is 31.2 Å². The Morgan fingerprint density at radius 2 is 2.32 bits per heavy atom. The molecule has 1 aliphatic carbocycles. The molecule has 1 unspecified atom stereocenters. The Morgan fingerprint density at radius 3 is 2.79 bits per heavy atom. The predicted molar refractivity (Wildman–Crippen MR) is 85.3 cm³/mol. The fourth-order valence-corrected chi connectivity index (χ4v) is 2.02. The molecule has 1 rings (SSSR count). The van der Waals surface area contributed by atoms with Crippen LogP contribution < -0.4 is 0 Å². The van der Waals surface area contributed by atoms with Crippen LogP contribution in [0.1, 0.15) is 13.3 Å². The SMILES string of the molecule is C=C/C(=C\C=C(/C)S)C1=CCC(N(C)CCF)C=C1. The Bertz CT molecular complexity index is 428. The summed E-state index contributed by atoms with van der Waals surface area (Å²) in [5.74, 6) is 0. The van der Waals surface area contributed by atoms with Crippen LogP contribution >= 0.6 is 12.6 Å². The molecule has 0 saturated carbocycles. The number of allylic oxidation sites excluding steroid dienone is 7. The highest BCUT2D eigenvalue weighted by molar-refractivity contribution is 7.84. The number of likely N-dealkylation sites (N-methyl/N-ethyl adjacent to an activating group) is 1. The van der Waals surface area contributed by atoms with Gasteiger partial charge in [0.15, 0.2) is 0 Å². The summed E-state index contributed by atoms with van der Waals surface area (Å²) in [6.07, 6.45) is 13.1. The molecule has 0 N–H and O–H groups in total. The summed E-state index contributed by atoms with van der Waals surface area (Å²) in [7, 11) is 1.95. The van der Waals surface area contributed by atoms with Crippen molar-refractivity contribution in [3.8, 4) is 0 Å². The molecule has 0 saturated heterocycles. The fourth-order valence-electron chi connectivity index (χ4n) is 1.94. The van der Waals surface area contributed by atoms with E-state index in [1.165, 1.54) is 0 Å². The van der Waals surface area contributed by atoms with E-state index in [-0.39, 0.29) is 12.7 Å². The van der Waals surface area contributed by atoms with Crippen molar-refractivity contribution in [2.75, 3.05) is 20.3 Å². The third-order valence-electron chi connectivity index (χ3n) is 3.14. The Balaban J connectivity index is 2.74. The maximum Gasteiger partial charge on any atom is 0.102 e. The largest absolute Gasteiger partial charge is 0.297 e. The van der Waals surface area contributed by atoms with E-state index in [0.29, 0.717) is 6.54 Å². The second kappa shape index (κ2) is 8.18. The summed E-state index contributed by atoms with van der Waals surface area (Å²) in [4.78, 5) is 2.99. The zero-order valence-corrected chi connectivity index (χ0v) is 12.5. The van der Waals surface area contributed by atoms with E-state index in [1.54, 1.807) is 0 Å². The molecule has 0 fully saturated rings. The molecule has 0 radical (unpaired) electrons. The lowest BCUT2D eigenvalue weighted by molar-refractivity contribution is 0.254. The van der Waals surface area contributed by atoms with Gasteiger partial charge < -0.3 is 0 Å². The first-order valence-electron chi connectivity index (χ1n) is 6.43. The minimum atomic E-state index is -0.304. The Morgan fingerprint density at radius 1 is 1.58 bits per heavy atom. The van der Waals surface area contributed by atoms with Gasteiger partial charge in [0.2, 0.25) is 0 Å². The molecule has 0 spiro atoms. The van der Waals surface area contributed by atoms with Crippen molar-refractivity contribution in [2.24, 2.45) is 0 Å². The highest BCUT2D eigenvalue weighted by atomic mass is 32.1. The van der Waals surface area contributed by atoms with Gasteiger partial charge in [-0.3, -0.25) is 4.90 Å². The molecule has 0 aromatic carbocycles. The third-order valence-corrected chi connectivity index (χ3v) is 3.29. The zero-order chi connectivity index (χ0) is 14.3. The average Bonchev–Trinajstić information content (AvgIpc) is 2.40. The molecular weight excluding hydrogens is 257 g/mol. The van der Waals surface area contributed by atoms with Gasteiger partial charge in [0.1, 0.15) is 6.67 Å². The molecular formula is C16H22FNS. The standard InChI is InChI=1S/C16H22FNS/c1-4-14(6-5-13(2)19)15-7-9-16(10-8-15)18(3)12-11-17/h4-9,16,19H,1,10-12H2,2-3H3/b13-5+,14-6+. The van der Waals surface area contributed by atoms with Gasteiger partial charge in [-0.15, -0.1) is 12.6 Å². The lowest BCUT2D eigenvalue weighted by Gasteiger charge is -2.26. The number of hydrogen-bond donors (Lipinski definition) is 1. The van der Waals surface area contributed by atoms with Crippen LogP contribution in [0.4, 0.5) is 4.39 Å². The molecule has 0 aromatic rings.